The summed E-state index contributed by atoms with van der Waals surface area (Å²) in [5, 5.41) is 0. The number of carbonyl (C=O) groups excluding carboxylic acids is 1. The molecule has 0 saturated carbocycles. The molecule has 2 aromatic heterocycles. The lowest BCUT2D eigenvalue weighted by atomic mass is 9.90. The molecule has 3 heterocycles. The van der Waals surface area contributed by atoms with E-state index >= 15 is 0 Å². The minimum atomic E-state index is -0.174. The Balaban J connectivity index is 1.54. The molecule has 0 spiro atoms. The topological polar surface area (TPSA) is 51.0 Å². The third-order valence-electron chi connectivity index (χ3n) is 4.81. The summed E-state index contributed by atoms with van der Waals surface area (Å²) in [6, 6.07) is 3.95. The minimum Gasteiger partial charge on any atom is -0.341 e. The highest BCUT2D eigenvalue weighted by atomic mass is 16.2. The third kappa shape index (κ3) is 3.60. The highest BCUT2D eigenvalue weighted by Crippen LogP contribution is 2.23. The van der Waals surface area contributed by atoms with Crippen LogP contribution in [0.1, 0.15) is 37.2 Å². The van der Waals surface area contributed by atoms with E-state index in [1.165, 1.54) is 5.56 Å². The Bertz CT molecular complexity index is 644. The second-order valence-electron chi connectivity index (χ2n) is 6.39. The fourth-order valence-corrected chi connectivity index (χ4v) is 3.39. The predicted molar refractivity (Wildman–Crippen MR) is 88.9 cm³/mol. The molecular formula is C18H24N4O. The number of nitrogens with zero attached hydrogens (tertiary/aromatic N) is 4. The van der Waals surface area contributed by atoms with Gasteiger partial charge in [0.2, 0.25) is 5.91 Å². The monoisotopic (exact) mass is 312 g/mol. The van der Waals surface area contributed by atoms with Crippen LogP contribution in [0.4, 0.5) is 0 Å². The van der Waals surface area contributed by atoms with Crippen LogP contribution in [0, 0.1) is 12.8 Å². The number of amides is 1. The van der Waals surface area contributed by atoms with Crippen molar-refractivity contribution < 1.29 is 4.79 Å². The Hall–Kier alpha value is -2.17. The van der Waals surface area contributed by atoms with Crippen LogP contribution in [0.2, 0.25) is 0 Å². The molecule has 1 fully saturated rings. The smallest absolute Gasteiger partial charge is 0.245 e. The normalized spacial score (nSPS) is 17.2. The van der Waals surface area contributed by atoms with Gasteiger partial charge in [-0.05, 0) is 50.7 Å². The lowest BCUT2D eigenvalue weighted by Gasteiger charge is -2.34. The quantitative estimate of drug-likeness (QED) is 0.872. The fourth-order valence-electron chi connectivity index (χ4n) is 3.39. The largest absolute Gasteiger partial charge is 0.341 e. The first kappa shape index (κ1) is 15.7. The Labute approximate surface area is 137 Å². The van der Waals surface area contributed by atoms with E-state index in [9.17, 15) is 4.79 Å². The first-order chi connectivity index (χ1) is 11.1. The number of hydrogen-bond donors (Lipinski definition) is 0. The molecule has 1 aliphatic heterocycles. The van der Waals surface area contributed by atoms with Crippen molar-refractivity contribution >= 4 is 5.91 Å². The first-order valence-electron chi connectivity index (χ1n) is 8.32. The van der Waals surface area contributed by atoms with Crippen LogP contribution < -0.4 is 0 Å². The maximum absolute atomic E-state index is 12.7. The first-order valence-corrected chi connectivity index (χ1v) is 8.32. The third-order valence-corrected chi connectivity index (χ3v) is 4.81. The molecule has 1 amide bonds. The van der Waals surface area contributed by atoms with E-state index < -0.39 is 0 Å². The van der Waals surface area contributed by atoms with Gasteiger partial charge in [-0.25, -0.2) is 4.98 Å². The zero-order chi connectivity index (χ0) is 16.2. The van der Waals surface area contributed by atoms with Crippen molar-refractivity contribution in [3.05, 3.63) is 48.3 Å². The van der Waals surface area contributed by atoms with E-state index in [0.717, 1.165) is 38.2 Å². The van der Waals surface area contributed by atoms with Gasteiger partial charge < -0.3 is 9.47 Å². The molecule has 122 valence electrons. The summed E-state index contributed by atoms with van der Waals surface area (Å²) < 4.78 is 1.95. The molecule has 23 heavy (non-hydrogen) atoms. The van der Waals surface area contributed by atoms with Gasteiger partial charge in [0.1, 0.15) is 11.9 Å². The van der Waals surface area contributed by atoms with Gasteiger partial charge in [-0.1, -0.05) is 6.07 Å². The van der Waals surface area contributed by atoms with E-state index in [1.807, 2.05) is 48.0 Å². The Morgan fingerprint density at radius 2 is 2.13 bits per heavy atom. The molecule has 0 aliphatic carbocycles. The number of pyridine rings is 1. The van der Waals surface area contributed by atoms with Gasteiger partial charge in [-0.2, -0.15) is 0 Å². The number of hydrogen-bond acceptors (Lipinski definition) is 3. The lowest BCUT2D eigenvalue weighted by molar-refractivity contribution is -0.135. The SMILES string of the molecule is Cc1nccn1[C@H](C)C(=O)N1CCC(Cc2cccnc2)CC1. The van der Waals surface area contributed by atoms with Crippen LogP contribution in [0.15, 0.2) is 36.9 Å². The van der Waals surface area contributed by atoms with Gasteiger partial charge in [0.05, 0.1) is 0 Å². The lowest BCUT2D eigenvalue weighted by Crippen LogP contribution is -2.42. The second kappa shape index (κ2) is 6.94. The Kier molecular flexibility index (Phi) is 4.74. The number of aromatic nitrogens is 3. The van der Waals surface area contributed by atoms with Crippen molar-refractivity contribution in [1.82, 2.24) is 19.4 Å². The van der Waals surface area contributed by atoms with Gasteiger partial charge in [0.25, 0.3) is 0 Å². The van der Waals surface area contributed by atoms with Crippen molar-refractivity contribution in [2.75, 3.05) is 13.1 Å². The Morgan fingerprint density at radius 3 is 2.74 bits per heavy atom. The van der Waals surface area contributed by atoms with Crippen molar-refractivity contribution in [2.45, 2.75) is 39.2 Å². The van der Waals surface area contributed by atoms with E-state index in [2.05, 4.69) is 16.0 Å². The molecule has 0 N–H and O–H groups in total. The zero-order valence-electron chi connectivity index (χ0n) is 13.9. The molecule has 1 atom stereocenters. The van der Waals surface area contributed by atoms with Crippen LogP contribution in [0.3, 0.4) is 0 Å². The van der Waals surface area contributed by atoms with Crippen LogP contribution in [0.25, 0.3) is 0 Å². The summed E-state index contributed by atoms with van der Waals surface area (Å²) in [6.45, 7) is 5.59. The van der Waals surface area contributed by atoms with Crippen molar-refractivity contribution in [3.63, 3.8) is 0 Å². The van der Waals surface area contributed by atoms with E-state index in [4.69, 9.17) is 0 Å². The van der Waals surface area contributed by atoms with Gasteiger partial charge in [-0.15, -0.1) is 0 Å². The molecule has 0 radical (unpaired) electrons. The Morgan fingerprint density at radius 1 is 1.35 bits per heavy atom. The van der Waals surface area contributed by atoms with Crippen LogP contribution in [0.5, 0.6) is 0 Å². The number of piperidine rings is 1. The van der Waals surface area contributed by atoms with Crippen LogP contribution >= 0.6 is 0 Å². The summed E-state index contributed by atoms with van der Waals surface area (Å²) in [6.07, 6.45) is 10.6. The molecule has 1 aliphatic rings. The zero-order valence-corrected chi connectivity index (χ0v) is 13.9. The van der Waals surface area contributed by atoms with Gasteiger partial charge in [-0.3, -0.25) is 9.78 Å². The van der Waals surface area contributed by atoms with Gasteiger partial charge >= 0.3 is 0 Å². The molecule has 5 heteroatoms. The van der Waals surface area contributed by atoms with Crippen molar-refractivity contribution in [2.24, 2.45) is 5.92 Å². The van der Waals surface area contributed by atoms with Gasteiger partial charge in [0.15, 0.2) is 0 Å². The number of aryl methyl sites for hydroxylation is 1. The van der Waals surface area contributed by atoms with Crippen molar-refractivity contribution in [1.29, 1.82) is 0 Å². The second-order valence-corrected chi connectivity index (χ2v) is 6.39. The molecule has 0 bridgehead atoms. The molecule has 0 unspecified atom stereocenters. The minimum absolute atomic E-state index is 0.174. The van der Waals surface area contributed by atoms with E-state index in [-0.39, 0.29) is 11.9 Å². The number of imidazole rings is 1. The average molecular weight is 312 g/mol. The van der Waals surface area contributed by atoms with Crippen LogP contribution in [-0.2, 0) is 11.2 Å². The van der Waals surface area contributed by atoms with Gasteiger partial charge in [0, 0.05) is 37.9 Å². The summed E-state index contributed by atoms with van der Waals surface area (Å²) >= 11 is 0. The molecule has 5 nitrogen and oxygen atoms in total. The summed E-state index contributed by atoms with van der Waals surface area (Å²) in [5.41, 5.74) is 1.29. The number of carbonyl (C=O) groups is 1. The average Bonchev–Trinajstić information content (AvgIpc) is 3.01. The molecule has 0 aromatic carbocycles. The fraction of sp³-hybridized carbons (Fsp3) is 0.500. The molecule has 1 saturated heterocycles. The van der Waals surface area contributed by atoms with Crippen LogP contribution in [-0.4, -0.2) is 38.4 Å². The predicted octanol–water partition coefficient (Wildman–Crippen LogP) is 2.63. The summed E-state index contributed by atoms with van der Waals surface area (Å²) in [4.78, 5) is 23.1. The number of likely N-dealkylation sites (tertiary alicyclic amines) is 1. The molecule has 3 rings (SSSR count). The number of rotatable bonds is 4. The maximum Gasteiger partial charge on any atom is 0.245 e. The highest BCUT2D eigenvalue weighted by molar-refractivity contribution is 5.80. The molecule has 2 aromatic rings. The maximum atomic E-state index is 12.7. The standard InChI is InChI=1S/C18H24N4O/c1-14(22-11-8-20-15(22)2)18(23)21-9-5-16(6-10-21)12-17-4-3-7-19-13-17/h3-4,7-8,11,13-14,16H,5-6,9-10,12H2,1-2H3/t14-/m1/s1. The van der Waals surface area contributed by atoms with E-state index in [1.54, 1.807) is 6.20 Å². The molecular weight excluding hydrogens is 288 g/mol. The van der Waals surface area contributed by atoms with E-state index in [0.29, 0.717) is 5.92 Å². The summed E-state index contributed by atoms with van der Waals surface area (Å²) in [5.74, 6) is 1.73. The van der Waals surface area contributed by atoms with Crippen molar-refractivity contribution in [3.8, 4) is 0 Å². The highest BCUT2D eigenvalue weighted by Gasteiger charge is 2.27. The summed E-state index contributed by atoms with van der Waals surface area (Å²) in [7, 11) is 0.